The van der Waals surface area contributed by atoms with Crippen molar-refractivity contribution in [2.45, 2.75) is 77.2 Å². The van der Waals surface area contributed by atoms with Crippen molar-refractivity contribution in [2.24, 2.45) is 11.8 Å². The van der Waals surface area contributed by atoms with Gasteiger partial charge in [-0.1, -0.05) is 50.7 Å². The van der Waals surface area contributed by atoms with E-state index in [0.717, 1.165) is 48.5 Å². The van der Waals surface area contributed by atoms with Crippen LogP contribution in [-0.4, -0.2) is 32.5 Å². The fourth-order valence-electron chi connectivity index (χ4n) is 3.61. The molecule has 0 atom stereocenters. The number of hydrogen-bond donors (Lipinski definition) is 1. The number of amides is 1. The zero-order valence-corrected chi connectivity index (χ0v) is 19.2. The van der Waals surface area contributed by atoms with E-state index in [-0.39, 0.29) is 5.91 Å². The van der Waals surface area contributed by atoms with E-state index in [9.17, 15) is 4.79 Å². The van der Waals surface area contributed by atoms with Gasteiger partial charge in [0.05, 0.1) is 5.75 Å². The number of aromatic nitrogens is 3. The molecule has 2 aromatic rings. The van der Waals surface area contributed by atoms with E-state index in [4.69, 9.17) is 4.74 Å². The number of benzene rings is 1. The molecule has 1 N–H and O–H groups in total. The van der Waals surface area contributed by atoms with E-state index in [1.165, 1.54) is 24.6 Å². The molecule has 0 aliphatic heterocycles. The highest BCUT2D eigenvalue weighted by molar-refractivity contribution is 7.99. The summed E-state index contributed by atoms with van der Waals surface area (Å²) in [6, 6.07) is 10.0. The Balaban J connectivity index is 1.57. The molecular weight excluding hydrogens is 396 g/mol. The summed E-state index contributed by atoms with van der Waals surface area (Å²) >= 11 is 1.46. The molecule has 1 aromatic heterocycles. The molecule has 164 valence electrons. The van der Waals surface area contributed by atoms with Gasteiger partial charge in [0, 0.05) is 12.6 Å². The Kier molecular flexibility index (Phi) is 8.61. The normalized spacial score (nSPS) is 19.1. The van der Waals surface area contributed by atoms with Crippen LogP contribution in [0, 0.1) is 11.8 Å². The van der Waals surface area contributed by atoms with Crippen LogP contribution >= 0.6 is 11.8 Å². The van der Waals surface area contributed by atoms with Crippen molar-refractivity contribution in [1.29, 1.82) is 0 Å². The number of thioether (sulfide) groups is 1. The van der Waals surface area contributed by atoms with Gasteiger partial charge in [-0.3, -0.25) is 4.79 Å². The minimum atomic E-state index is 0.0834. The summed E-state index contributed by atoms with van der Waals surface area (Å²) in [6.07, 6.45) is 5.60. The number of para-hydroxylation sites is 1. The lowest BCUT2D eigenvalue weighted by Crippen LogP contribution is -2.38. The van der Waals surface area contributed by atoms with Crippen LogP contribution in [0.5, 0.6) is 5.75 Å². The molecule has 0 saturated heterocycles. The quantitative estimate of drug-likeness (QED) is 0.554. The molecule has 1 amide bonds. The number of nitrogens with zero attached hydrogens (tertiary/aromatic N) is 3. The first-order valence-corrected chi connectivity index (χ1v) is 12.0. The van der Waals surface area contributed by atoms with Crippen molar-refractivity contribution >= 4 is 17.7 Å². The standard InChI is InChI=1S/C23H34N4O2S/c1-17(2)13-14-27-21(15-29-20-7-5-4-6-8-20)25-26-23(27)30-16-22(28)24-19-11-9-18(3)10-12-19/h4-8,17-19H,9-16H2,1-3H3,(H,24,28). The SMILES string of the molecule is CC(C)CCn1c(COc2ccccc2)nnc1SCC(=O)NC1CCC(C)CC1. The first-order chi connectivity index (χ1) is 14.5. The molecule has 1 fully saturated rings. The average molecular weight is 431 g/mol. The maximum absolute atomic E-state index is 12.4. The third-order valence-electron chi connectivity index (χ3n) is 5.55. The third kappa shape index (κ3) is 7.04. The molecule has 0 bridgehead atoms. The monoisotopic (exact) mass is 430 g/mol. The Morgan fingerprint density at radius 3 is 2.63 bits per heavy atom. The maximum Gasteiger partial charge on any atom is 0.230 e. The zero-order valence-electron chi connectivity index (χ0n) is 18.3. The highest BCUT2D eigenvalue weighted by Gasteiger charge is 2.21. The Morgan fingerprint density at radius 2 is 1.93 bits per heavy atom. The summed E-state index contributed by atoms with van der Waals surface area (Å²) in [4.78, 5) is 12.4. The van der Waals surface area contributed by atoms with Gasteiger partial charge in [0.15, 0.2) is 11.0 Å². The molecule has 0 spiro atoms. The maximum atomic E-state index is 12.4. The first kappa shape index (κ1) is 22.7. The molecule has 1 saturated carbocycles. The summed E-state index contributed by atoms with van der Waals surface area (Å²) in [5.74, 6) is 3.41. The molecule has 3 rings (SSSR count). The Labute approximate surface area is 184 Å². The molecule has 6 nitrogen and oxygen atoms in total. The molecule has 0 unspecified atom stereocenters. The lowest BCUT2D eigenvalue weighted by Gasteiger charge is -2.26. The molecule has 1 heterocycles. The predicted molar refractivity (Wildman–Crippen MR) is 121 cm³/mol. The molecular formula is C23H34N4O2S. The topological polar surface area (TPSA) is 69.0 Å². The van der Waals surface area contributed by atoms with E-state index in [0.29, 0.717) is 24.3 Å². The molecule has 1 aliphatic rings. The van der Waals surface area contributed by atoms with Crippen molar-refractivity contribution < 1.29 is 9.53 Å². The number of carbonyl (C=O) groups excluding carboxylic acids is 1. The molecule has 0 radical (unpaired) electrons. The predicted octanol–water partition coefficient (Wildman–Crippen LogP) is 4.69. The van der Waals surface area contributed by atoms with Gasteiger partial charge in [-0.25, -0.2) is 0 Å². The molecule has 30 heavy (non-hydrogen) atoms. The van der Waals surface area contributed by atoms with Gasteiger partial charge < -0.3 is 14.6 Å². The van der Waals surface area contributed by atoms with Gasteiger partial charge in [0.2, 0.25) is 5.91 Å². The minimum absolute atomic E-state index is 0.0834. The molecule has 1 aliphatic carbocycles. The summed E-state index contributed by atoms with van der Waals surface area (Å²) in [7, 11) is 0. The van der Waals surface area contributed by atoms with Crippen LogP contribution in [-0.2, 0) is 17.9 Å². The van der Waals surface area contributed by atoms with E-state index in [2.05, 4.69) is 40.9 Å². The van der Waals surface area contributed by atoms with Crippen molar-refractivity contribution in [3.8, 4) is 5.75 Å². The summed E-state index contributed by atoms with van der Waals surface area (Å²) in [5, 5.41) is 12.7. The summed E-state index contributed by atoms with van der Waals surface area (Å²) in [6.45, 7) is 7.88. The summed E-state index contributed by atoms with van der Waals surface area (Å²) in [5.41, 5.74) is 0. The number of hydrogen-bond acceptors (Lipinski definition) is 5. The number of rotatable bonds is 10. The fraction of sp³-hybridized carbons (Fsp3) is 0.609. The van der Waals surface area contributed by atoms with Crippen LogP contribution in [0.15, 0.2) is 35.5 Å². The third-order valence-corrected chi connectivity index (χ3v) is 6.51. The second-order valence-corrected chi connectivity index (χ2v) is 9.59. The number of nitrogens with one attached hydrogen (secondary N) is 1. The van der Waals surface area contributed by atoms with Gasteiger partial charge in [-0.05, 0) is 56.1 Å². The van der Waals surface area contributed by atoms with Crippen molar-refractivity contribution in [1.82, 2.24) is 20.1 Å². The largest absolute Gasteiger partial charge is 0.486 e. The van der Waals surface area contributed by atoms with Crippen LogP contribution in [0.1, 0.15) is 58.7 Å². The highest BCUT2D eigenvalue weighted by Crippen LogP contribution is 2.24. The van der Waals surface area contributed by atoms with Crippen molar-refractivity contribution in [3.05, 3.63) is 36.2 Å². The van der Waals surface area contributed by atoms with Gasteiger partial charge in [0.1, 0.15) is 12.4 Å². The summed E-state index contributed by atoms with van der Waals surface area (Å²) < 4.78 is 7.98. The fourth-order valence-corrected chi connectivity index (χ4v) is 4.41. The van der Waals surface area contributed by atoms with Crippen molar-refractivity contribution in [3.63, 3.8) is 0 Å². The lowest BCUT2D eigenvalue weighted by molar-refractivity contribution is -0.119. The highest BCUT2D eigenvalue weighted by atomic mass is 32.2. The Hall–Kier alpha value is -2.02. The van der Waals surface area contributed by atoms with Gasteiger partial charge in [0.25, 0.3) is 0 Å². The number of ether oxygens (including phenoxy) is 1. The van der Waals surface area contributed by atoms with Gasteiger partial charge >= 0.3 is 0 Å². The van der Waals surface area contributed by atoms with Crippen LogP contribution in [0.25, 0.3) is 0 Å². The van der Waals surface area contributed by atoms with Gasteiger partial charge in [-0.15, -0.1) is 10.2 Å². The van der Waals surface area contributed by atoms with E-state index in [1.807, 2.05) is 30.3 Å². The van der Waals surface area contributed by atoms with Crippen LogP contribution < -0.4 is 10.1 Å². The minimum Gasteiger partial charge on any atom is -0.486 e. The second kappa shape index (κ2) is 11.4. The average Bonchev–Trinajstić information content (AvgIpc) is 3.13. The van der Waals surface area contributed by atoms with E-state index >= 15 is 0 Å². The molecule has 1 aromatic carbocycles. The van der Waals surface area contributed by atoms with Crippen LogP contribution in [0.4, 0.5) is 0 Å². The smallest absolute Gasteiger partial charge is 0.230 e. The van der Waals surface area contributed by atoms with Crippen LogP contribution in [0.3, 0.4) is 0 Å². The van der Waals surface area contributed by atoms with Gasteiger partial charge in [-0.2, -0.15) is 0 Å². The van der Waals surface area contributed by atoms with Crippen LogP contribution in [0.2, 0.25) is 0 Å². The number of carbonyl (C=O) groups is 1. The molecule has 7 heteroatoms. The Bertz CT molecular complexity index is 786. The zero-order chi connectivity index (χ0) is 21.3. The Morgan fingerprint density at radius 1 is 1.20 bits per heavy atom. The van der Waals surface area contributed by atoms with Crippen molar-refractivity contribution in [2.75, 3.05) is 5.75 Å². The first-order valence-electron chi connectivity index (χ1n) is 11.0. The lowest BCUT2D eigenvalue weighted by atomic mass is 9.87. The second-order valence-electron chi connectivity index (χ2n) is 8.65. The van der Waals surface area contributed by atoms with E-state index < -0.39 is 0 Å². The van der Waals surface area contributed by atoms with E-state index in [1.54, 1.807) is 0 Å².